The van der Waals surface area contributed by atoms with Crippen molar-refractivity contribution in [1.82, 2.24) is 9.78 Å². The summed E-state index contributed by atoms with van der Waals surface area (Å²) < 4.78 is 1.89. The van der Waals surface area contributed by atoms with Crippen LogP contribution in [0.4, 0.5) is 5.69 Å². The molecule has 3 aromatic rings. The molecule has 0 fully saturated rings. The van der Waals surface area contributed by atoms with Crippen LogP contribution in [0.1, 0.15) is 32.9 Å². The van der Waals surface area contributed by atoms with E-state index in [4.69, 9.17) is 0 Å². The molecule has 0 atom stereocenters. The molecule has 4 rings (SSSR count). The fourth-order valence-electron chi connectivity index (χ4n) is 3.09. The van der Waals surface area contributed by atoms with Gasteiger partial charge < -0.3 is 5.32 Å². The quantitative estimate of drug-likeness (QED) is 0.746. The van der Waals surface area contributed by atoms with Crippen LogP contribution in [-0.4, -0.2) is 15.7 Å². The Morgan fingerprint density at radius 1 is 1.04 bits per heavy atom. The minimum Gasteiger partial charge on any atom is -0.322 e. The predicted molar refractivity (Wildman–Crippen MR) is 90.2 cm³/mol. The zero-order valence-corrected chi connectivity index (χ0v) is 13.1. The molecule has 2 heterocycles. The molecule has 23 heavy (non-hydrogen) atoms. The van der Waals surface area contributed by atoms with Crippen molar-refractivity contribution in [2.75, 3.05) is 5.32 Å². The zero-order valence-electron chi connectivity index (χ0n) is 13.1. The van der Waals surface area contributed by atoms with Crippen molar-refractivity contribution < 1.29 is 4.79 Å². The molecule has 0 bridgehead atoms. The molecule has 114 valence electrons. The van der Waals surface area contributed by atoms with Gasteiger partial charge in [-0.2, -0.15) is 5.10 Å². The van der Waals surface area contributed by atoms with E-state index in [1.165, 1.54) is 5.56 Å². The van der Waals surface area contributed by atoms with Crippen LogP contribution < -0.4 is 5.32 Å². The van der Waals surface area contributed by atoms with E-state index in [9.17, 15) is 4.79 Å². The van der Waals surface area contributed by atoms with Gasteiger partial charge in [-0.05, 0) is 37.6 Å². The molecule has 0 spiro atoms. The van der Waals surface area contributed by atoms with Crippen molar-refractivity contribution in [3.05, 3.63) is 76.6 Å². The predicted octanol–water partition coefficient (Wildman–Crippen LogP) is 3.65. The van der Waals surface area contributed by atoms with Gasteiger partial charge in [0.1, 0.15) is 0 Å². The van der Waals surface area contributed by atoms with Crippen LogP contribution >= 0.6 is 0 Å². The maximum atomic E-state index is 12.6. The molecule has 0 unspecified atom stereocenters. The fourth-order valence-corrected chi connectivity index (χ4v) is 3.09. The Balaban J connectivity index is 1.92. The lowest BCUT2D eigenvalue weighted by Gasteiger charge is -2.09. The molecule has 1 amide bonds. The minimum absolute atomic E-state index is 0.0826. The monoisotopic (exact) mass is 303 g/mol. The Morgan fingerprint density at radius 3 is 2.57 bits per heavy atom. The normalized spacial score (nSPS) is 13.0. The lowest BCUT2D eigenvalue weighted by molar-refractivity contribution is 0.102. The molecule has 1 aliphatic rings. The summed E-state index contributed by atoms with van der Waals surface area (Å²) in [5.41, 5.74) is 6.54. The Morgan fingerprint density at radius 2 is 1.78 bits per heavy atom. The number of amides is 1. The lowest BCUT2D eigenvalue weighted by Crippen LogP contribution is -2.12. The lowest BCUT2D eigenvalue weighted by atomic mass is 10.1. The van der Waals surface area contributed by atoms with Gasteiger partial charge in [0.25, 0.3) is 5.91 Å². The number of fused-ring (bicyclic) bond motifs is 2. The van der Waals surface area contributed by atoms with Gasteiger partial charge in [0.15, 0.2) is 0 Å². The largest absolute Gasteiger partial charge is 0.322 e. The number of nitrogens with one attached hydrogen (secondary N) is 1. The van der Waals surface area contributed by atoms with Gasteiger partial charge in [-0.25, -0.2) is 4.68 Å². The van der Waals surface area contributed by atoms with Gasteiger partial charge in [-0.15, -0.1) is 0 Å². The van der Waals surface area contributed by atoms with Crippen LogP contribution in [0.2, 0.25) is 0 Å². The third-order valence-corrected chi connectivity index (χ3v) is 4.29. The summed E-state index contributed by atoms with van der Waals surface area (Å²) in [6.07, 6.45) is 0.680. The van der Waals surface area contributed by atoms with Crippen molar-refractivity contribution in [2.45, 2.75) is 20.3 Å². The molecule has 0 saturated heterocycles. The molecular formula is C19H17N3O. The molecule has 0 saturated carbocycles. The Hall–Kier alpha value is -2.88. The molecule has 1 aromatic heterocycles. The Bertz CT molecular complexity index is 907. The smallest absolute Gasteiger partial charge is 0.259 e. The SMILES string of the molecule is Cc1ccc(-n2nc(C)c3c2Cc2ccccc2NC3=O)cc1. The van der Waals surface area contributed by atoms with Gasteiger partial charge in [0, 0.05) is 12.1 Å². The number of rotatable bonds is 1. The number of nitrogens with zero attached hydrogens (tertiary/aromatic N) is 2. The Labute approximate surface area is 134 Å². The average molecular weight is 303 g/mol. The molecule has 1 aliphatic heterocycles. The number of carbonyl (C=O) groups excluding carboxylic acids is 1. The summed E-state index contributed by atoms with van der Waals surface area (Å²) >= 11 is 0. The van der Waals surface area contributed by atoms with Crippen molar-refractivity contribution >= 4 is 11.6 Å². The van der Waals surface area contributed by atoms with Crippen molar-refractivity contribution in [2.24, 2.45) is 0 Å². The number of anilines is 1. The summed E-state index contributed by atoms with van der Waals surface area (Å²) in [5.74, 6) is -0.0826. The van der Waals surface area contributed by atoms with Crippen molar-refractivity contribution in [3.63, 3.8) is 0 Å². The zero-order chi connectivity index (χ0) is 16.0. The molecular weight excluding hydrogens is 286 g/mol. The summed E-state index contributed by atoms with van der Waals surface area (Å²) in [6.45, 7) is 3.95. The maximum Gasteiger partial charge on any atom is 0.259 e. The molecule has 2 aromatic carbocycles. The summed E-state index contributed by atoms with van der Waals surface area (Å²) in [6, 6.07) is 16.1. The van der Waals surface area contributed by atoms with Gasteiger partial charge in [-0.1, -0.05) is 35.9 Å². The van der Waals surface area contributed by atoms with Gasteiger partial charge >= 0.3 is 0 Å². The second-order valence-corrected chi connectivity index (χ2v) is 5.94. The third kappa shape index (κ3) is 2.23. The first kappa shape index (κ1) is 13.8. The molecule has 0 aliphatic carbocycles. The third-order valence-electron chi connectivity index (χ3n) is 4.29. The first-order chi connectivity index (χ1) is 11.1. The number of carbonyl (C=O) groups is 1. The molecule has 4 nitrogen and oxygen atoms in total. The Kier molecular flexibility index (Phi) is 3.05. The highest BCUT2D eigenvalue weighted by Crippen LogP contribution is 2.29. The second-order valence-electron chi connectivity index (χ2n) is 5.94. The van der Waals surface area contributed by atoms with E-state index < -0.39 is 0 Å². The van der Waals surface area contributed by atoms with Crippen molar-refractivity contribution in [1.29, 1.82) is 0 Å². The highest BCUT2D eigenvalue weighted by molar-refractivity contribution is 6.07. The van der Waals surface area contributed by atoms with Crippen LogP contribution in [0, 0.1) is 13.8 Å². The van der Waals surface area contributed by atoms with Crippen LogP contribution in [0.25, 0.3) is 5.69 Å². The number of hydrogen-bond donors (Lipinski definition) is 1. The summed E-state index contributed by atoms with van der Waals surface area (Å²) in [5, 5.41) is 7.61. The van der Waals surface area contributed by atoms with E-state index >= 15 is 0 Å². The number of aryl methyl sites for hydroxylation is 2. The molecule has 4 heteroatoms. The van der Waals surface area contributed by atoms with E-state index in [2.05, 4.69) is 29.5 Å². The van der Waals surface area contributed by atoms with Gasteiger partial charge in [0.2, 0.25) is 0 Å². The van der Waals surface area contributed by atoms with E-state index in [0.29, 0.717) is 12.0 Å². The average Bonchev–Trinajstić information content (AvgIpc) is 2.78. The number of para-hydroxylation sites is 1. The summed E-state index contributed by atoms with van der Waals surface area (Å²) in [7, 11) is 0. The van der Waals surface area contributed by atoms with Gasteiger partial charge in [-0.3, -0.25) is 4.79 Å². The minimum atomic E-state index is -0.0826. The number of benzene rings is 2. The maximum absolute atomic E-state index is 12.6. The highest BCUT2D eigenvalue weighted by atomic mass is 16.1. The van der Waals surface area contributed by atoms with E-state index in [1.807, 2.05) is 48.0 Å². The van der Waals surface area contributed by atoms with Crippen LogP contribution in [0.5, 0.6) is 0 Å². The van der Waals surface area contributed by atoms with Gasteiger partial charge in [0.05, 0.1) is 22.6 Å². The van der Waals surface area contributed by atoms with Crippen LogP contribution in [0.3, 0.4) is 0 Å². The van der Waals surface area contributed by atoms with E-state index in [1.54, 1.807) is 0 Å². The van der Waals surface area contributed by atoms with Crippen LogP contribution in [0.15, 0.2) is 48.5 Å². The van der Waals surface area contributed by atoms with E-state index in [0.717, 1.165) is 28.3 Å². The van der Waals surface area contributed by atoms with Crippen molar-refractivity contribution in [3.8, 4) is 5.69 Å². The van der Waals surface area contributed by atoms with E-state index in [-0.39, 0.29) is 5.91 Å². The second kappa shape index (κ2) is 5.09. The first-order valence-corrected chi connectivity index (χ1v) is 7.68. The van der Waals surface area contributed by atoms with Crippen LogP contribution in [-0.2, 0) is 6.42 Å². The summed E-state index contributed by atoms with van der Waals surface area (Å²) in [4.78, 5) is 12.6. The number of hydrogen-bond acceptors (Lipinski definition) is 2. The molecule has 0 radical (unpaired) electrons. The standard InChI is InChI=1S/C19H17N3O/c1-12-7-9-15(10-8-12)22-17-11-14-5-3-4-6-16(14)20-19(23)18(17)13(2)21-22/h3-10H,11H2,1-2H3,(H,20,23). The topological polar surface area (TPSA) is 46.9 Å². The highest BCUT2D eigenvalue weighted by Gasteiger charge is 2.26. The molecule has 1 N–H and O–H groups in total. The first-order valence-electron chi connectivity index (χ1n) is 7.68. The number of aromatic nitrogens is 2. The fraction of sp³-hybridized carbons (Fsp3) is 0.158.